The second kappa shape index (κ2) is 8.19. The molecule has 0 bridgehead atoms. The van der Waals surface area contributed by atoms with Crippen molar-refractivity contribution in [2.75, 3.05) is 12.3 Å². The molecule has 150 valence electrons. The third-order valence-corrected chi connectivity index (χ3v) is 5.84. The second-order valence-corrected chi connectivity index (χ2v) is 8.25. The number of rotatable bonds is 6. The SMILES string of the molecule is CC(C)C(COCc1ccc(Cl)c(Cl)c1)n1cnc2c(N)nc3ccccc3c21. The van der Waals surface area contributed by atoms with Crippen LogP contribution >= 0.6 is 23.2 Å². The lowest BCUT2D eigenvalue weighted by Gasteiger charge is -2.24. The summed E-state index contributed by atoms with van der Waals surface area (Å²) in [6.45, 7) is 5.33. The highest BCUT2D eigenvalue weighted by molar-refractivity contribution is 6.42. The van der Waals surface area contributed by atoms with Crippen LogP contribution in [0.15, 0.2) is 48.8 Å². The number of para-hydroxylation sites is 1. The lowest BCUT2D eigenvalue weighted by molar-refractivity contribution is 0.0767. The van der Waals surface area contributed by atoms with Gasteiger partial charge in [0.25, 0.3) is 0 Å². The Bertz CT molecular complexity index is 1170. The maximum atomic E-state index is 6.17. The first-order valence-corrected chi connectivity index (χ1v) is 10.2. The maximum absolute atomic E-state index is 6.17. The molecular formula is C22H22Cl2N4O. The molecule has 0 saturated carbocycles. The van der Waals surface area contributed by atoms with Gasteiger partial charge in [0.15, 0.2) is 5.82 Å². The normalized spacial score (nSPS) is 12.9. The van der Waals surface area contributed by atoms with Gasteiger partial charge in [0.2, 0.25) is 0 Å². The van der Waals surface area contributed by atoms with Gasteiger partial charge in [-0.2, -0.15) is 0 Å². The average molecular weight is 429 g/mol. The Balaban J connectivity index is 1.65. The summed E-state index contributed by atoms with van der Waals surface area (Å²) in [4.78, 5) is 9.03. The molecule has 2 N–H and O–H groups in total. The number of imidazole rings is 1. The Labute approximate surface area is 179 Å². The van der Waals surface area contributed by atoms with Crippen LogP contribution in [0.3, 0.4) is 0 Å². The Hall–Kier alpha value is -2.34. The van der Waals surface area contributed by atoms with Crippen LogP contribution in [0.25, 0.3) is 21.9 Å². The van der Waals surface area contributed by atoms with E-state index in [0.717, 1.165) is 27.5 Å². The van der Waals surface area contributed by atoms with Crippen molar-refractivity contribution in [2.24, 2.45) is 5.92 Å². The van der Waals surface area contributed by atoms with E-state index in [1.54, 1.807) is 6.07 Å². The summed E-state index contributed by atoms with van der Waals surface area (Å²) in [6.07, 6.45) is 1.84. The van der Waals surface area contributed by atoms with Gasteiger partial charge in [-0.3, -0.25) is 0 Å². The van der Waals surface area contributed by atoms with E-state index in [1.165, 1.54) is 0 Å². The van der Waals surface area contributed by atoms with E-state index in [2.05, 4.69) is 34.4 Å². The van der Waals surface area contributed by atoms with Crippen molar-refractivity contribution in [3.63, 3.8) is 0 Å². The zero-order valence-electron chi connectivity index (χ0n) is 16.3. The van der Waals surface area contributed by atoms with Gasteiger partial charge in [-0.1, -0.05) is 61.3 Å². The quantitative estimate of drug-likeness (QED) is 0.415. The number of pyridine rings is 1. The third kappa shape index (κ3) is 3.90. The van der Waals surface area contributed by atoms with E-state index in [4.69, 9.17) is 33.7 Å². The minimum Gasteiger partial charge on any atom is -0.382 e. The van der Waals surface area contributed by atoms with Crippen LogP contribution in [0.5, 0.6) is 0 Å². The van der Waals surface area contributed by atoms with Crippen molar-refractivity contribution in [1.29, 1.82) is 0 Å². The summed E-state index contributed by atoms with van der Waals surface area (Å²) in [5.41, 5.74) is 9.73. The van der Waals surface area contributed by atoms with Crippen LogP contribution in [0, 0.1) is 5.92 Å². The largest absolute Gasteiger partial charge is 0.382 e. The fourth-order valence-corrected chi connectivity index (χ4v) is 3.86. The number of nitrogens with zero attached hydrogens (tertiary/aromatic N) is 3. The average Bonchev–Trinajstić information content (AvgIpc) is 3.13. The molecule has 0 aliphatic heterocycles. The Morgan fingerprint density at radius 3 is 2.66 bits per heavy atom. The number of halogens is 2. The zero-order chi connectivity index (χ0) is 20.5. The third-order valence-electron chi connectivity index (χ3n) is 5.10. The van der Waals surface area contributed by atoms with Gasteiger partial charge in [0.05, 0.1) is 46.7 Å². The van der Waals surface area contributed by atoms with Crippen LogP contribution in [0.1, 0.15) is 25.5 Å². The van der Waals surface area contributed by atoms with Gasteiger partial charge in [-0.15, -0.1) is 0 Å². The van der Waals surface area contributed by atoms with Crippen LogP contribution < -0.4 is 5.73 Å². The number of benzene rings is 2. The lowest BCUT2D eigenvalue weighted by Crippen LogP contribution is -2.20. The number of fused-ring (bicyclic) bond motifs is 3. The molecule has 4 rings (SSSR count). The molecule has 5 nitrogen and oxygen atoms in total. The van der Waals surface area contributed by atoms with Gasteiger partial charge >= 0.3 is 0 Å². The molecule has 0 fully saturated rings. The monoisotopic (exact) mass is 428 g/mol. The molecule has 0 aliphatic carbocycles. The lowest BCUT2D eigenvalue weighted by atomic mass is 10.0. The predicted molar refractivity (Wildman–Crippen MR) is 119 cm³/mol. The first-order chi connectivity index (χ1) is 14.0. The predicted octanol–water partition coefficient (Wildman–Crippen LogP) is 5.89. The maximum Gasteiger partial charge on any atom is 0.152 e. The molecule has 1 atom stereocenters. The molecule has 0 saturated heterocycles. The van der Waals surface area contributed by atoms with Crippen molar-refractivity contribution in [1.82, 2.24) is 14.5 Å². The van der Waals surface area contributed by atoms with E-state index in [0.29, 0.717) is 35.0 Å². The smallest absolute Gasteiger partial charge is 0.152 e. The number of nitrogens with two attached hydrogens (primary N) is 1. The summed E-state index contributed by atoms with van der Waals surface area (Å²) in [7, 11) is 0. The van der Waals surface area contributed by atoms with Crippen molar-refractivity contribution >= 4 is 51.0 Å². The highest BCUT2D eigenvalue weighted by Gasteiger charge is 2.21. The molecule has 1 unspecified atom stereocenters. The van der Waals surface area contributed by atoms with Gasteiger partial charge < -0.3 is 15.0 Å². The minimum atomic E-state index is 0.0907. The molecule has 2 heterocycles. The Morgan fingerprint density at radius 2 is 1.90 bits per heavy atom. The first-order valence-electron chi connectivity index (χ1n) is 9.48. The van der Waals surface area contributed by atoms with Crippen LogP contribution in [0.2, 0.25) is 10.0 Å². The van der Waals surface area contributed by atoms with Gasteiger partial charge in [-0.25, -0.2) is 9.97 Å². The molecule has 0 spiro atoms. The van der Waals surface area contributed by atoms with Crippen molar-refractivity contribution in [2.45, 2.75) is 26.5 Å². The highest BCUT2D eigenvalue weighted by Crippen LogP contribution is 2.31. The molecule has 0 radical (unpaired) electrons. The zero-order valence-corrected chi connectivity index (χ0v) is 17.8. The summed E-state index contributed by atoms with van der Waals surface area (Å²) in [5, 5.41) is 2.10. The van der Waals surface area contributed by atoms with E-state index >= 15 is 0 Å². The van der Waals surface area contributed by atoms with E-state index in [1.807, 2.05) is 36.7 Å². The Morgan fingerprint density at radius 1 is 1.10 bits per heavy atom. The summed E-state index contributed by atoms with van der Waals surface area (Å²) in [6, 6.07) is 13.6. The summed E-state index contributed by atoms with van der Waals surface area (Å²) in [5.74, 6) is 0.769. The van der Waals surface area contributed by atoms with Crippen molar-refractivity contribution in [3.8, 4) is 0 Å². The molecule has 7 heteroatoms. The minimum absolute atomic E-state index is 0.0907. The number of hydrogen-bond acceptors (Lipinski definition) is 4. The molecule has 2 aromatic carbocycles. The molecule has 2 aromatic heterocycles. The molecule has 0 amide bonds. The summed E-state index contributed by atoms with van der Waals surface area (Å²) >= 11 is 12.1. The number of hydrogen-bond donors (Lipinski definition) is 1. The number of anilines is 1. The molecule has 0 aliphatic rings. The van der Waals surface area contributed by atoms with E-state index < -0.39 is 0 Å². The van der Waals surface area contributed by atoms with Crippen LogP contribution in [-0.2, 0) is 11.3 Å². The van der Waals surface area contributed by atoms with E-state index in [9.17, 15) is 0 Å². The summed E-state index contributed by atoms with van der Waals surface area (Å²) < 4.78 is 8.22. The van der Waals surface area contributed by atoms with Crippen molar-refractivity contribution < 1.29 is 4.74 Å². The Kier molecular flexibility index (Phi) is 5.63. The molecule has 29 heavy (non-hydrogen) atoms. The number of ether oxygens (including phenoxy) is 1. The second-order valence-electron chi connectivity index (χ2n) is 7.44. The first kappa shape index (κ1) is 20.0. The fourth-order valence-electron chi connectivity index (χ4n) is 3.54. The van der Waals surface area contributed by atoms with E-state index in [-0.39, 0.29) is 6.04 Å². The van der Waals surface area contributed by atoms with Crippen LogP contribution in [-0.4, -0.2) is 21.1 Å². The number of aromatic nitrogens is 3. The fraction of sp³-hybridized carbons (Fsp3) is 0.273. The van der Waals surface area contributed by atoms with Crippen LogP contribution in [0.4, 0.5) is 5.82 Å². The van der Waals surface area contributed by atoms with Gasteiger partial charge in [-0.05, 0) is 29.7 Å². The number of nitrogen functional groups attached to an aromatic ring is 1. The topological polar surface area (TPSA) is 66.0 Å². The van der Waals surface area contributed by atoms with Crippen molar-refractivity contribution in [3.05, 3.63) is 64.4 Å². The molecular weight excluding hydrogens is 407 g/mol. The standard InChI is InChI=1S/C22H22Cl2N4O/c1-13(2)19(11-29-10-14-7-8-16(23)17(24)9-14)28-12-26-20-21(28)15-5-3-4-6-18(15)27-22(20)25/h3-9,12-13,19H,10-11H2,1-2H3,(H2,25,27). The van der Waals surface area contributed by atoms with Gasteiger partial charge in [0, 0.05) is 5.39 Å². The molecule has 4 aromatic rings. The highest BCUT2D eigenvalue weighted by atomic mass is 35.5. The van der Waals surface area contributed by atoms with Gasteiger partial charge in [0.1, 0.15) is 5.52 Å².